The van der Waals surface area contributed by atoms with Crippen LogP contribution in [-0.4, -0.2) is 18.9 Å². The van der Waals surface area contributed by atoms with Crippen molar-refractivity contribution >= 4 is 27.4 Å². The van der Waals surface area contributed by atoms with E-state index in [9.17, 15) is 8.42 Å². The quantitative estimate of drug-likeness (QED) is 0.590. The molecule has 0 atom stereocenters. The van der Waals surface area contributed by atoms with Crippen molar-refractivity contribution in [2.24, 2.45) is 10.9 Å². The molecular formula is C7H15N3O2S2. The zero-order chi connectivity index (χ0) is 10.8. The molecular weight excluding hydrogens is 222 g/mol. The van der Waals surface area contributed by atoms with Crippen LogP contribution in [0.4, 0.5) is 0 Å². The fourth-order valence-corrected chi connectivity index (χ4v) is 3.00. The summed E-state index contributed by atoms with van der Waals surface area (Å²) in [5.41, 5.74) is 4.77. The lowest BCUT2D eigenvalue weighted by molar-refractivity contribution is 0.353. The summed E-state index contributed by atoms with van der Waals surface area (Å²) in [6, 6.07) is 0. The topological polar surface area (TPSA) is 98.2 Å². The maximum absolute atomic E-state index is 11.0. The van der Waals surface area contributed by atoms with Crippen molar-refractivity contribution in [3.8, 4) is 0 Å². The summed E-state index contributed by atoms with van der Waals surface area (Å²) in [4.78, 5) is 0.186. The maximum atomic E-state index is 11.0. The van der Waals surface area contributed by atoms with E-state index in [4.69, 9.17) is 23.1 Å². The summed E-state index contributed by atoms with van der Waals surface area (Å²) in [6.07, 6.45) is 4.19. The third-order valence-corrected chi connectivity index (χ3v) is 3.58. The van der Waals surface area contributed by atoms with Crippen LogP contribution in [0.1, 0.15) is 32.1 Å². The van der Waals surface area contributed by atoms with E-state index in [1.165, 1.54) is 0 Å². The highest BCUT2D eigenvalue weighted by Gasteiger charge is 2.37. The van der Waals surface area contributed by atoms with Crippen LogP contribution >= 0.6 is 12.2 Å². The number of nitrogens with one attached hydrogen (secondary N) is 1. The Balaban J connectivity index is 2.87. The van der Waals surface area contributed by atoms with Gasteiger partial charge >= 0.3 is 0 Å². The Morgan fingerprint density at radius 1 is 1.29 bits per heavy atom. The van der Waals surface area contributed by atoms with Gasteiger partial charge in [0.15, 0.2) is 0 Å². The van der Waals surface area contributed by atoms with Gasteiger partial charge in [-0.05, 0) is 12.8 Å². The van der Waals surface area contributed by atoms with Crippen LogP contribution in [0, 0.1) is 0 Å². The number of rotatable bonds is 3. The lowest BCUT2D eigenvalue weighted by Gasteiger charge is -2.35. The van der Waals surface area contributed by atoms with Gasteiger partial charge in [-0.1, -0.05) is 31.5 Å². The molecule has 0 heterocycles. The standard InChI is InChI=1S/C7H15N3O2S2/c8-6(13)7(10-14(9,11)12)4-2-1-3-5-7/h10H,1-5H2,(H2,8,13)(H2,9,11,12). The molecule has 0 saturated heterocycles. The molecule has 0 aromatic rings. The summed E-state index contributed by atoms with van der Waals surface area (Å²) >= 11 is 4.89. The van der Waals surface area contributed by atoms with E-state index in [0.717, 1.165) is 19.3 Å². The second-order valence-electron chi connectivity index (χ2n) is 3.65. The molecule has 0 unspecified atom stereocenters. The summed E-state index contributed by atoms with van der Waals surface area (Å²) in [5.74, 6) is 0. The van der Waals surface area contributed by atoms with Crippen LogP contribution in [0.25, 0.3) is 0 Å². The van der Waals surface area contributed by atoms with Crippen molar-refractivity contribution in [1.82, 2.24) is 4.72 Å². The lowest BCUT2D eigenvalue weighted by Crippen LogP contribution is -2.59. The highest BCUT2D eigenvalue weighted by molar-refractivity contribution is 7.87. The Bertz CT molecular complexity index is 320. The molecule has 1 rings (SSSR count). The zero-order valence-corrected chi connectivity index (χ0v) is 9.46. The average molecular weight is 237 g/mol. The van der Waals surface area contributed by atoms with Crippen LogP contribution < -0.4 is 15.6 Å². The van der Waals surface area contributed by atoms with Gasteiger partial charge in [0.25, 0.3) is 10.2 Å². The van der Waals surface area contributed by atoms with Crippen molar-refractivity contribution in [3.05, 3.63) is 0 Å². The maximum Gasteiger partial charge on any atom is 0.275 e. The highest BCUT2D eigenvalue weighted by atomic mass is 32.2. The number of nitrogens with two attached hydrogens (primary N) is 2. The van der Waals surface area contributed by atoms with Gasteiger partial charge in [0.1, 0.15) is 0 Å². The molecule has 0 bridgehead atoms. The van der Waals surface area contributed by atoms with E-state index in [2.05, 4.69) is 4.72 Å². The Morgan fingerprint density at radius 2 is 1.79 bits per heavy atom. The SMILES string of the molecule is NC(=S)C1(NS(N)(=O)=O)CCCCC1. The fraction of sp³-hybridized carbons (Fsp3) is 0.857. The summed E-state index contributed by atoms with van der Waals surface area (Å²) < 4.78 is 24.3. The molecule has 5 nitrogen and oxygen atoms in total. The van der Waals surface area contributed by atoms with Crippen LogP contribution in [-0.2, 0) is 10.2 Å². The minimum Gasteiger partial charge on any atom is -0.392 e. The highest BCUT2D eigenvalue weighted by Crippen LogP contribution is 2.28. The first-order chi connectivity index (χ1) is 6.36. The number of thiocarbonyl (C=S) groups is 1. The fourth-order valence-electron chi connectivity index (χ4n) is 1.83. The first kappa shape index (κ1) is 11.8. The van der Waals surface area contributed by atoms with Gasteiger partial charge in [0.2, 0.25) is 0 Å². The Labute approximate surface area is 89.4 Å². The van der Waals surface area contributed by atoms with Crippen molar-refractivity contribution in [2.75, 3.05) is 0 Å². The van der Waals surface area contributed by atoms with Gasteiger partial charge < -0.3 is 5.73 Å². The Hall–Kier alpha value is -0.240. The normalized spacial score (nSPS) is 21.8. The van der Waals surface area contributed by atoms with Gasteiger partial charge in [-0.2, -0.15) is 13.1 Å². The number of hydrogen-bond acceptors (Lipinski definition) is 3. The molecule has 0 aromatic heterocycles. The van der Waals surface area contributed by atoms with Gasteiger partial charge in [-0.15, -0.1) is 0 Å². The van der Waals surface area contributed by atoms with E-state index >= 15 is 0 Å². The molecule has 7 heteroatoms. The predicted molar refractivity (Wildman–Crippen MR) is 58.8 cm³/mol. The van der Waals surface area contributed by atoms with E-state index in [0.29, 0.717) is 12.8 Å². The molecule has 0 aromatic carbocycles. The molecule has 14 heavy (non-hydrogen) atoms. The summed E-state index contributed by atoms with van der Waals surface area (Å²) in [5, 5.41) is 4.94. The lowest BCUT2D eigenvalue weighted by atomic mass is 9.82. The van der Waals surface area contributed by atoms with E-state index in [1.807, 2.05) is 0 Å². The van der Waals surface area contributed by atoms with Crippen LogP contribution in [0.2, 0.25) is 0 Å². The molecule has 0 aliphatic heterocycles. The van der Waals surface area contributed by atoms with Gasteiger partial charge in [-0.25, -0.2) is 5.14 Å². The molecule has 5 N–H and O–H groups in total. The predicted octanol–water partition coefficient (Wildman–Crippen LogP) is -0.232. The molecule has 1 aliphatic rings. The minimum atomic E-state index is -3.74. The molecule has 0 radical (unpaired) electrons. The van der Waals surface area contributed by atoms with Gasteiger partial charge in [0, 0.05) is 0 Å². The zero-order valence-electron chi connectivity index (χ0n) is 7.82. The first-order valence-corrected chi connectivity index (χ1v) is 6.43. The van der Waals surface area contributed by atoms with E-state index < -0.39 is 15.7 Å². The third-order valence-electron chi connectivity index (χ3n) is 2.52. The van der Waals surface area contributed by atoms with Gasteiger partial charge in [-0.3, -0.25) is 0 Å². The largest absolute Gasteiger partial charge is 0.392 e. The molecule has 1 fully saturated rings. The van der Waals surface area contributed by atoms with Gasteiger partial charge in [0.05, 0.1) is 10.5 Å². The van der Waals surface area contributed by atoms with Crippen molar-refractivity contribution in [1.29, 1.82) is 0 Å². The molecule has 82 valence electrons. The summed E-state index contributed by atoms with van der Waals surface area (Å²) in [7, 11) is -3.74. The van der Waals surface area contributed by atoms with Crippen molar-refractivity contribution in [3.63, 3.8) is 0 Å². The summed E-state index contributed by atoms with van der Waals surface area (Å²) in [6.45, 7) is 0. The van der Waals surface area contributed by atoms with Crippen molar-refractivity contribution < 1.29 is 8.42 Å². The van der Waals surface area contributed by atoms with Crippen LogP contribution in [0.3, 0.4) is 0 Å². The monoisotopic (exact) mass is 237 g/mol. The second-order valence-corrected chi connectivity index (χ2v) is 5.39. The molecule has 0 spiro atoms. The second kappa shape index (κ2) is 4.09. The van der Waals surface area contributed by atoms with E-state index in [1.54, 1.807) is 0 Å². The average Bonchev–Trinajstić information content (AvgIpc) is 2.02. The van der Waals surface area contributed by atoms with Crippen molar-refractivity contribution in [2.45, 2.75) is 37.6 Å². The Kier molecular flexibility index (Phi) is 3.46. The molecule has 1 aliphatic carbocycles. The number of hydrogen-bond donors (Lipinski definition) is 3. The third kappa shape index (κ3) is 2.88. The van der Waals surface area contributed by atoms with E-state index in [-0.39, 0.29) is 4.99 Å². The Morgan fingerprint density at radius 3 is 2.14 bits per heavy atom. The minimum absolute atomic E-state index is 0.186. The first-order valence-electron chi connectivity index (χ1n) is 4.47. The molecule has 1 saturated carbocycles. The van der Waals surface area contributed by atoms with Crippen LogP contribution in [0.15, 0.2) is 0 Å². The smallest absolute Gasteiger partial charge is 0.275 e. The molecule has 0 amide bonds. The van der Waals surface area contributed by atoms with Crippen LogP contribution in [0.5, 0.6) is 0 Å².